The van der Waals surface area contributed by atoms with Gasteiger partial charge >= 0.3 is 0 Å². The molecule has 27 heavy (non-hydrogen) atoms. The molecule has 0 fully saturated rings. The van der Waals surface area contributed by atoms with E-state index in [0.29, 0.717) is 28.7 Å². The van der Waals surface area contributed by atoms with E-state index in [1.165, 1.54) is 0 Å². The summed E-state index contributed by atoms with van der Waals surface area (Å²) in [7, 11) is 0. The number of halogens is 2. The van der Waals surface area contributed by atoms with Crippen molar-refractivity contribution in [2.45, 2.75) is 25.8 Å². The van der Waals surface area contributed by atoms with E-state index in [1.807, 2.05) is 6.92 Å². The molecule has 0 spiro atoms. The number of nitrogens with one attached hydrogen (secondary N) is 3. The van der Waals surface area contributed by atoms with Crippen molar-refractivity contribution in [2.75, 3.05) is 18.5 Å². The van der Waals surface area contributed by atoms with Crippen LogP contribution in [-0.2, 0) is 4.79 Å². The van der Waals surface area contributed by atoms with Crippen molar-refractivity contribution in [1.82, 2.24) is 25.3 Å². The normalized spacial score (nSPS) is 13.3. The maximum Gasteiger partial charge on any atom is 0.245 e. The van der Waals surface area contributed by atoms with E-state index >= 15 is 0 Å². The zero-order valence-corrected chi connectivity index (χ0v) is 15.8. The summed E-state index contributed by atoms with van der Waals surface area (Å²) >= 11 is 6.05. The van der Waals surface area contributed by atoms with Gasteiger partial charge in [0.25, 0.3) is 0 Å². The Bertz CT molecular complexity index is 962. The number of anilines is 1. The van der Waals surface area contributed by atoms with Crippen LogP contribution in [0, 0.1) is 0 Å². The number of pyridine rings is 1. The number of aromatic amines is 1. The van der Waals surface area contributed by atoms with Crippen LogP contribution in [-0.4, -0.2) is 44.6 Å². The average molecular weight is 391 g/mol. The summed E-state index contributed by atoms with van der Waals surface area (Å²) in [4.78, 5) is 28.5. The van der Waals surface area contributed by atoms with Gasteiger partial charge < -0.3 is 15.6 Å². The summed E-state index contributed by atoms with van der Waals surface area (Å²) in [6, 6.07) is 3.47. The molecule has 0 radical (unpaired) electrons. The number of amides is 1. The topological polar surface area (TPSA) is 95.6 Å². The first-order valence-electron chi connectivity index (χ1n) is 8.55. The molecule has 0 aromatic carbocycles. The van der Waals surface area contributed by atoms with Crippen molar-refractivity contribution < 1.29 is 9.18 Å². The quantitative estimate of drug-likeness (QED) is 0.575. The average Bonchev–Trinajstić information content (AvgIpc) is 3.09. The van der Waals surface area contributed by atoms with Gasteiger partial charge in [0.05, 0.1) is 5.02 Å². The third kappa shape index (κ3) is 4.00. The zero-order valence-electron chi connectivity index (χ0n) is 15.0. The Morgan fingerprint density at radius 1 is 1.41 bits per heavy atom. The minimum Gasteiger partial charge on any atom is -0.356 e. The van der Waals surface area contributed by atoms with Crippen molar-refractivity contribution >= 4 is 34.4 Å². The first-order valence-corrected chi connectivity index (χ1v) is 8.93. The standard InChI is InChI=1S/C18H20ClFN6O/c1-3-18(2,17(27)22-7-5-20)26-14-4-6-21-16(25-14)13-10-24-15-12(13)8-11(19)9-23-15/h4,6,8-10H,3,5,7H2,1-2H3,(H,22,27)(H,23,24)(H,21,25,26)/t18-/m1/s1. The molecule has 3 aromatic heterocycles. The molecular formula is C18H20ClFN6O. The molecule has 0 aliphatic heterocycles. The van der Waals surface area contributed by atoms with Crippen LogP contribution >= 0.6 is 11.6 Å². The lowest BCUT2D eigenvalue weighted by Crippen LogP contribution is -2.50. The van der Waals surface area contributed by atoms with Gasteiger partial charge in [0, 0.05) is 36.1 Å². The van der Waals surface area contributed by atoms with Crippen LogP contribution in [0.15, 0.2) is 30.7 Å². The van der Waals surface area contributed by atoms with Crippen LogP contribution in [0.1, 0.15) is 20.3 Å². The molecular weight excluding hydrogens is 371 g/mol. The van der Waals surface area contributed by atoms with Gasteiger partial charge in [-0.15, -0.1) is 0 Å². The number of carbonyl (C=O) groups is 1. The number of alkyl halides is 1. The second-order valence-electron chi connectivity index (χ2n) is 6.27. The highest BCUT2D eigenvalue weighted by molar-refractivity contribution is 6.31. The fourth-order valence-electron chi connectivity index (χ4n) is 2.67. The van der Waals surface area contributed by atoms with E-state index in [1.54, 1.807) is 37.6 Å². The smallest absolute Gasteiger partial charge is 0.245 e. The number of nitrogens with zero attached hydrogens (tertiary/aromatic N) is 3. The molecule has 0 saturated carbocycles. The molecule has 3 N–H and O–H groups in total. The first kappa shape index (κ1) is 19.0. The fraction of sp³-hybridized carbons (Fsp3) is 0.333. The Morgan fingerprint density at radius 2 is 2.22 bits per heavy atom. The van der Waals surface area contributed by atoms with Gasteiger partial charge in [-0.2, -0.15) is 0 Å². The van der Waals surface area contributed by atoms with E-state index < -0.39 is 12.2 Å². The Kier molecular flexibility index (Phi) is 5.55. The molecule has 0 bridgehead atoms. The van der Waals surface area contributed by atoms with E-state index in [0.717, 1.165) is 10.9 Å². The van der Waals surface area contributed by atoms with E-state index in [2.05, 4.69) is 30.6 Å². The number of hydrogen-bond acceptors (Lipinski definition) is 5. The Morgan fingerprint density at radius 3 is 2.96 bits per heavy atom. The number of carbonyl (C=O) groups excluding carboxylic acids is 1. The maximum atomic E-state index is 12.4. The maximum absolute atomic E-state index is 12.4. The van der Waals surface area contributed by atoms with E-state index in [-0.39, 0.29) is 12.5 Å². The van der Waals surface area contributed by atoms with Crippen LogP contribution in [0.3, 0.4) is 0 Å². The summed E-state index contributed by atoms with van der Waals surface area (Å²) in [5.74, 6) is 0.674. The van der Waals surface area contributed by atoms with Gasteiger partial charge in [-0.3, -0.25) is 4.79 Å². The Hall–Kier alpha value is -2.74. The second-order valence-corrected chi connectivity index (χ2v) is 6.71. The lowest BCUT2D eigenvalue weighted by Gasteiger charge is -2.28. The summed E-state index contributed by atoms with van der Waals surface area (Å²) < 4.78 is 12.4. The molecule has 142 valence electrons. The number of aromatic nitrogens is 4. The first-order chi connectivity index (χ1) is 13.0. The number of fused-ring (bicyclic) bond motifs is 1. The lowest BCUT2D eigenvalue weighted by molar-refractivity contribution is -0.125. The fourth-order valence-corrected chi connectivity index (χ4v) is 2.82. The second kappa shape index (κ2) is 7.87. The highest BCUT2D eigenvalue weighted by Gasteiger charge is 2.31. The number of H-pyrrole nitrogens is 1. The summed E-state index contributed by atoms with van der Waals surface area (Å²) in [6.45, 7) is 2.99. The molecule has 3 aromatic rings. The molecule has 1 amide bonds. The van der Waals surface area contributed by atoms with Gasteiger partial charge in [-0.25, -0.2) is 19.3 Å². The number of hydrogen-bond donors (Lipinski definition) is 3. The minimum absolute atomic E-state index is 0.0196. The highest BCUT2D eigenvalue weighted by Crippen LogP contribution is 2.28. The number of rotatable bonds is 7. The molecule has 3 heterocycles. The summed E-state index contributed by atoms with van der Waals surface area (Å²) in [5, 5.41) is 7.03. The minimum atomic E-state index is -0.925. The zero-order chi connectivity index (χ0) is 19.4. The monoisotopic (exact) mass is 390 g/mol. The third-order valence-corrected chi connectivity index (χ3v) is 4.59. The SMILES string of the molecule is CC[C@@](C)(Nc1ccnc(-c2c[nH]c3ncc(Cl)cc23)n1)C(=O)NCCF. The van der Waals surface area contributed by atoms with Gasteiger partial charge in [0.15, 0.2) is 5.82 Å². The van der Waals surface area contributed by atoms with Gasteiger partial charge in [0.2, 0.25) is 5.91 Å². The van der Waals surface area contributed by atoms with Gasteiger partial charge in [0.1, 0.15) is 23.7 Å². The van der Waals surface area contributed by atoms with Gasteiger partial charge in [-0.1, -0.05) is 18.5 Å². The van der Waals surface area contributed by atoms with Crippen LogP contribution in [0.2, 0.25) is 5.02 Å². The summed E-state index contributed by atoms with van der Waals surface area (Å²) in [5.41, 5.74) is 0.510. The lowest BCUT2D eigenvalue weighted by atomic mass is 9.97. The Labute approximate surface area is 160 Å². The van der Waals surface area contributed by atoms with Crippen molar-refractivity contribution in [1.29, 1.82) is 0 Å². The molecule has 0 aliphatic rings. The van der Waals surface area contributed by atoms with Crippen molar-refractivity contribution in [2.24, 2.45) is 0 Å². The summed E-state index contributed by atoms with van der Waals surface area (Å²) in [6.07, 6.45) is 5.43. The molecule has 0 aliphatic carbocycles. The molecule has 0 saturated heterocycles. The largest absolute Gasteiger partial charge is 0.356 e. The van der Waals surface area contributed by atoms with Crippen LogP contribution in [0.4, 0.5) is 10.2 Å². The molecule has 0 unspecified atom stereocenters. The van der Waals surface area contributed by atoms with E-state index in [9.17, 15) is 9.18 Å². The Balaban J connectivity index is 1.91. The van der Waals surface area contributed by atoms with Crippen molar-refractivity contribution in [3.8, 4) is 11.4 Å². The predicted molar refractivity (Wildman–Crippen MR) is 103 cm³/mol. The van der Waals surface area contributed by atoms with E-state index in [4.69, 9.17) is 11.6 Å². The molecule has 9 heteroatoms. The van der Waals surface area contributed by atoms with Crippen molar-refractivity contribution in [3.63, 3.8) is 0 Å². The highest BCUT2D eigenvalue weighted by atomic mass is 35.5. The van der Waals surface area contributed by atoms with Crippen LogP contribution in [0.25, 0.3) is 22.4 Å². The molecule has 3 rings (SSSR count). The third-order valence-electron chi connectivity index (χ3n) is 4.39. The predicted octanol–water partition coefficient (Wildman–Crippen LogP) is 3.34. The molecule has 1 atom stereocenters. The van der Waals surface area contributed by atoms with Crippen LogP contribution in [0.5, 0.6) is 0 Å². The molecule has 7 nitrogen and oxygen atoms in total. The van der Waals surface area contributed by atoms with Crippen molar-refractivity contribution in [3.05, 3.63) is 35.7 Å². The van der Waals surface area contributed by atoms with Gasteiger partial charge in [-0.05, 0) is 25.5 Å². The van der Waals surface area contributed by atoms with Crippen LogP contribution < -0.4 is 10.6 Å².